The second kappa shape index (κ2) is 6.84. The minimum atomic E-state index is -1.18. The SMILES string of the molecule is CC1CCCCC1(C)CCc1ccc2c(c1)C1(OCCO1)C(=O)N2CC1CC1. The summed E-state index contributed by atoms with van der Waals surface area (Å²) in [5.41, 5.74) is 3.68. The van der Waals surface area contributed by atoms with Crippen molar-refractivity contribution in [1.82, 2.24) is 0 Å². The fourth-order valence-electron chi connectivity index (χ4n) is 5.45. The van der Waals surface area contributed by atoms with Crippen LogP contribution in [0.5, 0.6) is 0 Å². The molecule has 152 valence electrons. The van der Waals surface area contributed by atoms with E-state index in [1.165, 1.54) is 50.5 Å². The Morgan fingerprint density at radius 2 is 1.93 bits per heavy atom. The van der Waals surface area contributed by atoms with Gasteiger partial charge < -0.3 is 14.4 Å². The lowest BCUT2D eigenvalue weighted by Gasteiger charge is -2.40. The number of aryl methyl sites for hydroxylation is 1. The van der Waals surface area contributed by atoms with Crippen LogP contribution in [0, 0.1) is 17.3 Å². The van der Waals surface area contributed by atoms with E-state index in [9.17, 15) is 4.79 Å². The first-order valence-corrected chi connectivity index (χ1v) is 11.3. The molecule has 0 N–H and O–H groups in total. The molecule has 1 spiro atoms. The molecule has 1 aromatic rings. The largest absolute Gasteiger partial charge is 0.336 e. The van der Waals surface area contributed by atoms with Gasteiger partial charge >= 0.3 is 0 Å². The minimum absolute atomic E-state index is 0.0167. The molecule has 2 saturated carbocycles. The van der Waals surface area contributed by atoms with Crippen molar-refractivity contribution >= 4 is 11.6 Å². The lowest BCUT2D eigenvalue weighted by molar-refractivity contribution is -0.180. The fraction of sp³-hybridized carbons (Fsp3) is 0.708. The number of amides is 1. The van der Waals surface area contributed by atoms with Crippen LogP contribution < -0.4 is 4.90 Å². The lowest BCUT2D eigenvalue weighted by Crippen LogP contribution is -2.42. The molecule has 28 heavy (non-hydrogen) atoms. The molecule has 2 unspecified atom stereocenters. The van der Waals surface area contributed by atoms with Crippen molar-refractivity contribution in [2.45, 2.75) is 71.0 Å². The molecule has 3 fully saturated rings. The molecular formula is C24H33NO3. The maximum absolute atomic E-state index is 13.2. The van der Waals surface area contributed by atoms with Crippen LogP contribution in [-0.4, -0.2) is 25.7 Å². The van der Waals surface area contributed by atoms with Crippen molar-refractivity contribution in [2.24, 2.45) is 17.3 Å². The van der Waals surface area contributed by atoms with E-state index in [2.05, 4.69) is 32.0 Å². The molecule has 2 aliphatic carbocycles. The molecule has 1 aromatic carbocycles. The summed E-state index contributed by atoms with van der Waals surface area (Å²) < 4.78 is 11.9. The fourth-order valence-corrected chi connectivity index (χ4v) is 5.45. The summed E-state index contributed by atoms with van der Waals surface area (Å²) in [4.78, 5) is 15.2. The zero-order valence-corrected chi connectivity index (χ0v) is 17.3. The third kappa shape index (κ3) is 3.00. The smallest absolute Gasteiger partial charge is 0.292 e. The predicted octanol–water partition coefficient (Wildman–Crippen LogP) is 4.79. The van der Waals surface area contributed by atoms with Gasteiger partial charge in [0.25, 0.3) is 11.7 Å². The topological polar surface area (TPSA) is 38.8 Å². The van der Waals surface area contributed by atoms with E-state index in [0.717, 1.165) is 30.1 Å². The van der Waals surface area contributed by atoms with Crippen molar-refractivity contribution in [3.8, 4) is 0 Å². The number of carbonyl (C=O) groups is 1. The third-order valence-electron chi connectivity index (χ3n) is 7.87. The monoisotopic (exact) mass is 383 g/mol. The third-order valence-corrected chi connectivity index (χ3v) is 7.87. The molecule has 4 nitrogen and oxygen atoms in total. The van der Waals surface area contributed by atoms with E-state index in [4.69, 9.17) is 9.47 Å². The van der Waals surface area contributed by atoms with Gasteiger partial charge in [-0.2, -0.15) is 0 Å². The predicted molar refractivity (Wildman–Crippen MR) is 109 cm³/mol. The van der Waals surface area contributed by atoms with Gasteiger partial charge in [0.1, 0.15) is 0 Å². The van der Waals surface area contributed by atoms with Gasteiger partial charge in [-0.3, -0.25) is 4.79 Å². The summed E-state index contributed by atoms with van der Waals surface area (Å²) in [7, 11) is 0. The van der Waals surface area contributed by atoms with Crippen LogP contribution in [0.1, 0.15) is 69.9 Å². The summed E-state index contributed by atoms with van der Waals surface area (Å²) in [6.45, 7) is 6.67. The van der Waals surface area contributed by atoms with Gasteiger partial charge in [0.2, 0.25) is 0 Å². The summed E-state index contributed by atoms with van der Waals surface area (Å²) in [6.07, 6.45) is 10.2. The van der Waals surface area contributed by atoms with E-state index >= 15 is 0 Å². The summed E-state index contributed by atoms with van der Waals surface area (Å²) in [5.74, 6) is 0.235. The number of fused-ring (bicyclic) bond motifs is 2. The average molecular weight is 384 g/mol. The van der Waals surface area contributed by atoms with E-state index < -0.39 is 5.79 Å². The number of ether oxygens (including phenoxy) is 2. The highest BCUT2D eigenvalue weighted by Crippen LogP contribution is 2.48. The Bertz CT molecular complexity index is 765. The number of anilines is 1. The van der Waals surface area contributed by atoms with Gasteiger partial charge in [-0.15, -0.1) is 0 Å². The van der Waals surface area contributed by atoms with Gasteiger partial charge in [0.05, 0.1) is 18.9 Å². The summed E-state index contributed by atoms with van der Waals surface area (Å²) in [6, 6.07) is 6.55. The Labute approximate surface area is 168 Å². The van der Waals surface area contributed by atoms with Crippen LogP contribution in [-0.2, 0) is 26.5 Å². The molecule has 4 heteroatoms. The van der Waals surface area contributed by atoms with Crippen molar-refractivity contribution in [3.63, 3.8) is 0 Å². The highest BCUT2D eigenvalue weighted by molar-refractivity contribution is 6.06. The maximum Gasteiger partial charge on any atom is 0.292 e. The Morgan fingerprint density at radius 3 is 2.64 bits per heavy atom. The molecule has 0 radical (unpaired) electrons. The first kappa shape index (κ1) is 18.6. The first-order valence-electron chi connectivity index (χ1n) is 11.3. The Balaban J connectivity index is 1.40. The maximum atomic E-state index is 13.2. The Kier molecular flexibility index (Phi) is 4.55. The van der Waals surface area contributed by atoms with Crippen LogP contribution in [0.15, 0.2) is 18.2 Å². The van der Waals surface area contributed by atoms with Crippen LogP contribution in [0.4, 0.5) is 5.69 Å². The van der Waals surface area contributed by atoms with Gasteiger partial charge in [-0.25, -0.2) is 0 Å². The van der Waals surface area contributed by atoms with Gasteiger partial charge in [-0.1, -0.05) is 39.2 Å². The normalized spacial score (nSPS) is 31.6. The van der Waals surface area contributed by atoms with Gasteiger partial charge in [-0.05, 0) is 67.1 Å². The molecular weight excluding hydrogens is 350 g/mol. The highest BCUT2D eigenvalue weighted by atomic mass is 16.7. The number of carbonyl (C=O) groups excluding carboxylic acids is 1. The molecule has 2 heterocycles. The highest BCUT2D eigenvalue weighted by Gasteiger charge is 2.56. The van der Waals surface area contributed by atoms with Crippen LogP contribution in [0.25, 0.3) is 0 Å². The molecule has 1 saturated heterocycles. The zero-order valence-electron chi connectivity index (χ0n) is 17.3. The Hall–Kier alpha value is -1.39. The van der Waals surface area contributed by atoms with Crippen LogP contribution >= 0.6 is 0 Å². The molecule has 0 bridgehead atoms. The second-order valence-electron chi connectivity index (χ2n) is 9.82. The van der Waals surface area contributed by atoms with E-state index in [-0.39, 0.29) is 5.91 Å². The van der Waals surface area contributed by atoms with Gasteiger partial charge in [0, 0.05) is 12.1 Å². The number of hydrogen-bond donors (Lipinski definition) is 0. The van der Waals surface area contributed by atoms with Gasteiger partial charge in [0.15, 0.2) is 0 Å². The quantitative estimate of drug-likeness (QED) is 0.734. The minimum Gasteiger partial charge on any atom is -0.336 e. The molecule has 1 amide bonds. The lowest BCUT2D eigenvalue weighted by atomic mass is 9.66. The zero-order chi connectivity index (χ0) is 19.4. The Morgan fingerprint density at radius 1 is 1.14 bits per heavy atom. The molecule has 2 atom stereocenters. The first-order chi connectivity index (χ1) is 13.5. The van der Waals surface area contributed by atoms with E-state index in [1.54, 1.807) is 0 Å². The molecule has 0 aromatic heterocycles. The van der Waals surface area contributed by atoms with Crippen LogP contribution in [0.3, 0.4) is 0 Å². The van der Waals surface area contributed by atoms with Crippen molar-refractivity contribution in [2.75, 3.05) is 24.7 Å². The second-order valence-corrected chi connectivity index (χ2v) is 9.82. The average Bonchev–Trinajstić information content (AvgIpc) is 3.33. The summed E-state index contributed by atoms with van der Waals surface area (Å²) >= 11 is 0. The van der Waals surface area contributed by atoms with Crippen molar-refractivity contribution < 1.29 is 14.3 Å². The van der Waals surface area contributed by atoms with E-state index in [1.807, 2.05) is 4.90 Å². The van der Waals surface area contributed by atoms with E-state index in [0.29, 0.717) is 24.5 Å². The molecule has 2 aliphatic heterocycles. The number of nitrogens with zero attached hydrogens (tertiary/aromatic N) is 1. The number of rotatable bonds is 5. The number of hydrogen-bond acceptors (Lipinski definition) is 3. The van der Waals surface area contributed by atoms with Crippen molar-refractivity contribution in [3.05, 3.63) is 29.3 Å². The standard InChI is InChI=1S/C24H33NO3/c1-17-5-3-4-11-23(17,2)12-10-18-8-9-21-20(15-18)24(27-13-14-28-24)22(26)25(21)16-19-6-7-19/h8-9,15,17,19H,3-7,10-14,16H2,1-2H3. The molecule has 4 aliphatic rings. The summed E-state index contributed by atoms with van der Waals surface area (Å²) in [5, 5.41) is 0. The van der Waals surface area contributed by atoms with Crippen molar-refractivity contribution in [1.29, 1.82) is 0 Å². The van der Waals surface area contributed by atoms with Crippen LogP contribution in [0.2, 0.25) is 0 Å². The molecule has 5 rings (SSSR count). The number of benzene rings is 1.